The molecular formula is C22H21ClN2O2. The Labute approximate surface area is 163 Å². The maximum absolute atomic E-state index is 12.7. The van der Waals surface area contributed by atoms with Gasteiger partial charge >= 0.3 is 5.97 Å². The van der Waals surface area contributed by atoms with Crippen LogP contribution in [0.5, 0.6) is 0 Å². The first-order valence-electron chi connectivity index (χ1n) is 9.12. The molecule has 2 heterocycles. The van der Waals surface area contributed by atoms with Gasteiger partial charge in [0, 0.05) is 34.6 Å². The number of aromatic nitrogens is 1. The van der Waals surface area contributed by atoms with E-state index in [1.54, 1.807) is 6.20 Å². The lowest BCUT2D eigenvalue weighted by molar-refractivity contribution is 0.0447. The molecule has 1 aliphatic rings. The molecule has 27 heavy (non-hydrogen) atoms. The lowest BCUT2D eigenvalue weighted by atomic mass is 10.0. The van der Waals surface area contributed by atoms with Crippen LogP contribution in [0.2, 0.25) is 5.02 Å². The fraction of sp³-hybridized carbons (Fsp3) is 0.273. The molecule has 1 aromatic heterocycles. The topological polar surface area (TPSA) is 42.4 Å². The standard InChI is InChI=1S/C22H21ClN2O2/c1-25-11-10-15(13-25)14-27-22(26)19-12-24-21(17-7-3-2-6-16(17)19)18-8-4-5-9-20(18)23/h2-9,12,15H,10-11,13-14H2,1H3. The number of likely N-dealkylation sites (tertiary alicyclic amines) is 1. The number of benzene rings is 2. The van der Waals surface area contributed by atoms with Crippen molar-refractivity contribution in [3.8, 4) is 11.3 Å². The molecule has 0 radical (unpaired) electrons. The van der Waals surface area contributed by atoms with Crippen LogP contribution in [0.3, 0.4) is 0 Å². The first-order valence-corrected chi connectivity index (χ1v) is 9.49. The minimum absolute atomic E-state index is 0.320. The van der Waals surface area contributed by atoms with Gasteiger partial charge in [0.05, 0.1) is 17.9 Å². The van der Waals surface area contributed by atoms with Crippen LogP contribution in [0.25, 0.3) is 22.0 Å². The van der Waals surface area contributed by atoms with E-state index >= 15 is 0 Å². The zero-order chi connectivity index (χ0) is 18.8. The van der Waals surface area contributed by atoms with E-state index in [-0.39, 0.29) is 5.97 Å². The maximum atomic E-state index is 12.7. The highest BCUT2D eigenvalue weighted by Gasteiger charge is 2.22. The van der Waals surface area contributed by atoms with Crippen molar-refractivity contribution in [3.05, 3.63) is 65.3 Å². The van der Waals surface area contributed by atoms with E-state index in [0.717, 1.165) is 41.5 Å². The second-order valence-corrected chi connectivity index (χ2v) is 7.47. The molecule has 2 aromatic carbocycles. The van der Waals surface area contributed by atoms with Crippen LogP contribution in [-0.2, 0) is 4.74 Å². The first kappa shape index (κ1) is 18.0. The third-order valence-corrected chi connectivity index (χ3v) is 5.41. The van der Waals surface area contributed by atoms with E-state index in [0.29, 0.717) is 23.1 Å². The lowest BCUT2D eigenvalue weighted by Gasteiger charge is -2.13. The zero-order valence-electron chi connectivity index (χ0n) is 15.2. The highest BCUT2D eigenvalue weighted by Crippen LogP contribution is 2.33. The molecule has 1 unspecified atom stereocenters. The Balaban J connectivity index is 1.66. The number of esters is 1. The molecule has 0 spiro atoms. The van der Waals surface area contributed by atoms with Gasteiger partial charge in [0.1, 0.15) is 0 Å². The number of carbonyl (C=O) groups excluding carboxylic acids is 1. The van der Waals surface area contributed by atoms with E-state index in [2.05, 4.69) is 16.9 Å². The molecule has 0 amide bonds. The van der Waals surface area contributed by atoms with Crippen molar-refractivity contribution in [2.24, 2.45) is 5.92 Å². The van der Waals surface area contributed by atoms with Crippen LogP contribution in [0.1, 0.15) is 16.8 Å². The van der Waals surface area contributed by atoms with Gasteiger partial charge in [0.2, 0.25) is 0 Å². The Morgan fingerprint density at radius 3 is 2.67 bits per heavy atom. The normalized spacial score (nSPS) is 17.3. The molecule has 4 rings (SSSR count). The van der Waals surface area contributed by atoms with Gasteiger partial charge in [-0.05, 0) is 31.5 Å². The van der Waals surface area contributed by atoms with Crippen LogP contribution in [0, 0.1) is 5.92 Å². The van der Waals surface area contributed by atoms with E-state index in [1.807, 2.05) is 48.5 Å². The summed E-state index contributed by atoms with van der Waals surface area (Å²) in [5, 5.41) is 2.35. The Morgan fingerprint density at radius 2 is 1.93 bits per heavy atom. The van der Waals surface area contributed by atoms with Crippen molar-refractivity contribution in [1.82, 2.24) is 9.88 Å². The predicted molar refractivity (Wildman–Crippen MR) is 108 cm³/mol. The van der Waals surface area contributed by atoms with E-state index < -0.39 is 0 Å². The molecule has 1 saturated heterocycles. The molecule has 138 valence electrons. The van der Waals surface area contributed by atoms with Gasteiger partial charge in [-0.1, -0.05) is 54.1 Å². The fourth-order valence-corrected chi connectivity index (χ4v) is 3.88. The van der Waals surface area contributed by atoms with Crippen molar-refractivity contribution in [3.63, 3.8) is 0 Å². The molecule has 1 fully saturated rings. The monoisotopic (exact) mass is 380 g/mol. The molecule has 4 nitrogen and oxygen atoms in total. The number of carbonyl (C=O) groups is 1. The Kier molecular flexibility index (Phi) is 5.10. The van der Waals surface area contributed by atoms with Gasteiger partial charge in [-0.15, -0.1) is 0 Å². The van der Waals surface area contributed by atoms with Crippen LogP contribution >= 0.6 is 11.6 Å². The largest absolute Gasteiger partial charge is 0.462 e. The van der Waals surface area contributed by atoms with Gasteiger partial charge in [-0.2, -0.15) is 0 Å². The van der Waals surface area contributed by atoms with Crippen LogP contribution in [0.4, 0.5) is 0 Å². The van der Waals surface area contributed by atoms with Crippen LogP contribution in [0.15, 0.2) is 54.7 Å². The Bertz CT molecular complexity index is 989. The Morgan fingerprint density at radius 1 is 1.19 bits per heavy atom. The molecule has 0 aliphatic carbocycles. The summed E-state index contributed by atoms with van der Waals surface area (Å²) in [7, 11) is 2.09. The Hall–Kier alpha value is -2.43. The SMILES string of the molecule is CN1CCC(COC(=O)c2cnc(-c3ccccc3Cl)c3ccccc23)C1. The van der Waals surface area contributed by atoms with Crippen molar-refractivity contribution in [2.75, 3.05) is 26.7 Å². The van der Waals surface area contributed by atoms with Gasteiger partial charge < -0.3 is 9.64 Å². The van der Waals surface area contributed by atoms with Gasteiger partial charge in [0.25, 0.3) is 0 Å². The van der Waals surface area contributed by atoms with Crippen LogP contribution < -0.4 is 0 Å². The number of rotatable bonds is 4. The minimum atomic E-state index is -0.320. The summed E-state index contributed by atoms with van der Waals surface area (Å²) in [6, 6.07) is 15.3. The van der Waals surface area contributed by atoms with E-state index in [4.69, 9.17) is 16.3 Å². The molecule has 0 saturated carbocycles. The molecule has 3 aromatic rings. The highest BCUT2D eigenvalue weighted by molar-refractivity contribution is 6.33. The highest BCUT2D eigenvalue weighted by atomic mass is 35.5. The molecule has 1 atom stereocenters. The number of ether oxygens (including phenoxy) is 1. The molecule has 5 heteroatoms. The second kappa shape index (κ2) is 7.67. The van der Waals surface area contributed by atoms with Crippen molar-refractivity contribution < 1.29 is 9.53 Å². The van der Waals surface area contributed by atoms with Gasteiger partial charge in [-0.3, -0.25) is 4.98 Å². The van der Waals surface area contributed by atoms with E-state index in [1.165, 1.54) is 0 Å². The molecule has 0 bridgehead atoms. The summed E-state index contributed by atoms with van der Waals surface area (Å²) in [5.41, 5.74) is 2.11. The summed E-state index contributed by atoms with van der Waals surface area (Å²) < 4.78 is 5.61. The van der Waals surface area contributed by atoms with Gasteiger partial charge in [-0.25, -0.2) is 4.79 Å². The second-order valence-electron chi connectivity index (χ2n) is 7.06. The summed E-state index contributed by atoms with van der Waals surface area (Å²) in [6.45, 7) is 2.47. The number of fused-ring (bicyclic) bond motifs is 1. The molecule has 1 aliphatic heterocycles. The number of hydrogen-bond donors (Lipinski definition) is 0. The summed E-state index contributed by atoms with van der Waals surface area (Å²) in [6.07, 6.45) is 2.67. The number of halogens is 1. The average Bonchev–Trinajstić information content (AvgIpc) is 3.11. The number of nitrogens with zero attached hydrogens (tertiary/aromatic N) is 2. The third-order valence-electron chi connectivity index (χ3n) is 5.08. The zero-order valence-corrected chi connectivity index (χ0v) is 15.9. The van der Waals surface area contributed by atoms with Crippen molar-refractivity contribution in [2.45, 2.75) is 6.42 Å². The van der Waals surface area contributed by atoms with Crippen molar-refractivity contribution in [1.29, 1.82) is 0 Å². The van der Waals surface area contributed by atoms with Crippen molar-refractivity contribution >= 4 is 28.3 Å². The molecular weight excluding hydrogens is 360 g/mol. The predicted octanol–water partition coefficient (Wildman–Crippen LogP) is 4.66. The lowest BCUT2D eigenvalue weighted by Crippen LogP contribution is -2.19. The smallest absolute Gasteiger partial charge is 0.340 e. The first-order chi connectivity index (χ1) is 13.1. The number of hydrogen-bond acceptors (Lipinski definition) is 4. The molecule has 0 N–H and O–H groups in total. The minimum Gasteiger partial charge on any atom is -0.462 e. The van der Waals surface area contributed by atoms with Gasteiger partial charge in [0.15, 0.2) is 0 Å². The van der Waals surface area contributed by atoms with Crippen LogP contribution in [-0.4, -0.2) is 42.6 Å². The summed E-state index contributed by atoms with van der Waals surface area (Å²) >= 11 is 6.36. The quantitative estimate of drug-likeness (QED) is 0.617. The third kappa shape index (κ3) is 3.68. The summed E-state index contributed by atoms with van der Waals surface area (Å²) in [4.78, 5) is 19.5. The maximum Gasteiger partial charge on any atom is 0.340 e. The fourth-order valence-electron chi connectivity index (χ4n) is 3.66. The number of pyridine rings is 1. The van der Waals surface area contributed by atoms with E-state index in [9.17, 15) is 4.79 Å². The average molecular weight is 381 g/mol. The summed E-state index contributed by atoms with van der Waals surface area (Å²) in [5.74, 6) is 0.0829.